The fourth-order valence-electron chi connectivity index (χ4n) is 1.69. The van der Waals surface area contributed by atoms with Crippen molar-refractivity contribution >= 4 is 17.3 Å². The average Bonchev–Trinajstić information content (AvgIpc) is 2.44. The Bertz CT molecular complexity index is 562. The normalized spacial score (nSPS) is 10.1. The zero-order valence-corrected chi connectivity index (χ0v) is 11.4. The lowest BCUT2D eigenvalue weighted by molar-refractivity contribution is -0.116. The van der Waals surface area contributed by atoms with Crippen LogP contribution in [0.4, 0.5) is 11.4 Å². The average molecular weight is 270 g/mol. The summed E-state index contributed by atoms with van der Waals surface area (Å²) in [5, 5.41) is 2.79. The lowest BCUT2D eigenvalue weighted by atomic mass is 10.2. The van der Waals surface area contributed by atoms with E-state index in [1.165, 1.54) is 5.56 Å². The van der Waals surface area contributed by atoms with Gasteiger partial charge in [0.15, 0.2) is 0 Å². The van der Waals surface area contributed by atoms with Crippen LogP contribution in [0.15, 0.2) is 48.5 Å². The molecule has 0 aliphatic carbocycles. The highest BCUT2D eigenvalue weighted by atomic mass is 16.5. The Morgan fingerprint density at radius 3 is 2.40 bits per heavy atom. The van der Waals surface area contributed by atoms with Crippen molar-refractivity contribution in [1.29, 1.82) is 0 Å². The van der Waals surface area contributed by atoms with Gasteiger partial charge in [-0.25, -0.2) is 0 Å². The van der Waals surface area contributed by atoms with Crippen molar-refractivity contribution in [2.24, 2.45) is 0 Å². The minimum Gasteiger partial charge on any atom is -0.493 e. The first-order chi connectivity index (χ1) is 9.63. The Labute approximate surface area is 118 Å². The number of aryl methyl sites for hydroxylation is 1. The number of benzene rings is 2. The van der Waals surface area contributed by atoms with Crippen molar-refractivity contribution in [2.45, 2.75) is 13.3 Å². The molecule has 3 N–H and O–H groups in total. The number of nitrogens with two attached hydrogens (primary N) is 1. The van der Waals surface area contributed by atoms with Crippen molar-refractivity contribution < 1.29 is 9.53 Å². The highest BCUT2D eigenvalue weighted by Gasteiger charge is 2.03. The van der Waals surface area contributed by atoms with Gasteiger partial charge in [-0.15, -0.1) is 0 Å². The standard InChI is InChI=1S/C16H18N2O2/c1-12-2-8-15(9-3-12)20-11-10-16(19)18-14-6-4-13(17)5-7-14/h2-9H,10-11,17H2,1H3,(H,18,19). The van der Waals surface area contributed by atoms with E-state index in [0.717, 1.165) is 11.4 Å². The number of ether oxygens (including phenoxy) is 1. The maximum atomic E-state index is 11.7. The van der Waals surface area contributed by atoms with Gasteiger partial charge < -0.3 is 15.8 Å². The molecule has 4 nitrogen and oxygen atoms in total. The molecule has 0 bridgehead atoms. The zero-order chi connectivity index (χ0) is 14.4. The van der Waals surface area contributed by atoms with E-state index in [4.69, 9.17) is 10.5 Å². The quantitative estimate of drug-likeness (QED) is 0.821. The molecule has 0 heterocycles. The predicted molar refractivity (Wildman–Crippen MR) is 80.8 cm³/mol. The molecule has 4 heteroatoms. The fraction of sp³-hybridized carbons (Fsp3) is 0.188. The summed E-state index contributed by atoms with van der Waals surface area (Å²) in [5.74, 6) is 0.692. The number of nitrogen functional groups attached to an aromatic ring is 1. The van der Waals surface area contributed by atoms with Gasteiger partial charge in [0, 0.05) is 11.4 Å². The second-order valence-electron chi connectivity index (χ2n) is 4.58. The summed E-state index contributed by atoms with van der Waals surface area (Å²) in [7, 11) is 0. The minimum absolute atomic E-state index is 0.0816. The van der Waals surface area contributed by atoms with E-state index in [0.29, 0.717) is 18.7 Å². The SMILES string of the molecule is Cc1ccc(OCCC(=O)Nc2ccc(N)cc2)cc1. The van der Waals surface area contributed by atoms with Crippen LogP contribution < -0.4 is 15.8 Å². The molecule has 1 amide bonds. The summed E-state index contributed by atoms with van der Waals surface area (Å²) in [6.45, 7) is 2.37. The van der Waals surface area contributed by atoms with Gasteiger partial charge in [-0.2, -0.15) is 0 Å². The van der Waals surface area contributed by atoms with Crippen LogP contribution in [0.5, 0.6) is 5.75 Å². The lowest BCUT2D eigenvalue weighted by Gasteiger charge is -2.07. The monoisotopic (exact) mass is 270 g/mol. The first-order valence-electron chi connectivity index (χ1n) is 6.48. The molecule has 0 radical (unpaired) electrons. The maximum Gasteiger partial charge on any atom is 0.227 e. The van der Waals surface area contributed by atoms with Crippen LogP contribution in [0, 0.1) is 6.92 Å². The number of carbonyl (C=O) groups excluding carboxylic acids is 1. The second kappa shape index (κ2) is 6.61. The van der Waals surface area contributed by atoms with Crippen LogP contribution in [-0.2, 0) is 4.79 Å². The maximum absolute atomic E-state index is 11.7. The summed E-state index contributed by atoms with van der Waals surface area (Å²) >= 11 is 0. The minimum atomic E-state index is -0.0816. The Morgan fingerprint density at radius 1 is 1.10 bits per heavy atom. The van der Waals surface area contributed by atoms with E-state index >= 15 is 0 Å². The molecule has 0 aromatic heterocycles. The first kappa shape index (κ1) is 13.9. The fourth-order valence-corrected chi connectivity index (χ4v) is 1.69. The highest BCUT2D eigenvalue weighted by Crippen LogP contribution is 2.13. The number of hydrogen-bond donors (Lipinski definition) is 2. The first-order valence-corrected chi connectivity index (χ1v) is 6.48. The van der Waals surface area contributed by atoms with Gasteiger partial charge in [0.05, 0.1) is 13.0 Å². The number of nitrogens with one attached hydrogen (secondary N) is 1. The molecule has 20 heavy (non-hydrogen) atoms. The van der Waals surface area contributed by atoms with Crippen molar-refractivity contribution in [3.05, 3.63) is 54.1 Å². The van der Waals surface area contributed by atoms with Crippen LogP contribution in [-0.4, -0.2) is 12.5 Å². The van der Waals surface area contributed by atoms with Gasteiger partial charge in [0.2, 0.25) is 5.91 Å². The van der Waals surface area contributed by atoms with Gasteiger partial charge >= 0.3 is 0 Å². The zero-order valence-electron chi connectivity index (χ0n) is 11.4. The van der Waals surface area contributed by atoms with Gasteiger partial charge in [-0.3, -0.25) is 4.79 Å². The molecule has 0 saturated heterocycles. The molecular formula is C16H18N2O2. The van der Waals surface area contributed by atoms with Crippen LogP contribution in [0.2, 0.25) is 0 Å². The third kappa shape index (κ3) is 4.31. The van der Waals surface area contributed by atoms with Crippen LogP contribution in [0.1, 0.15) is 12.0 Å². The Kier molecular flexibility index (Phi) is 4.60. The highest BCUT2D eigenvalue weighted by molar-refractivity contribution is 5.90. The molecule has 0 fully saturated rings. The van der Waals surface area contributed by atoms with Crippen molar-refractivity contribution in [3.63, 3.8) is 0 Å². The van der Waals surface area contributed by atoms with Crippen molar-refractivity contribution in [3.8, 4) is 5.75 Å². The number of anilines is 2. The van der Waals surface area contributed by atoms with Crippen molar-refractivity contribution in [1.82, 2.24) is 0 Å². The molecule has 0 unspecified atom stereocenters. The van der Waals surface area contributed by atoms with E-state index in [-0.39, 0.29) is 5.91 Å². The third-order valence-corrected chi connectivity index (χ3v) is 2.81. The predicted octanol–water partition coefficient (Wildman–Crippen LogP) is 2.98. The van der Waals surface area contributed by atoms with Gasteiger partial charge in [0.25, 0.3) is 0 Å². The molecule has 2 aromatic rings. The van der Waals surface area contributed by atoms with E-state index in [2.05, 4.69) is 5.32 Å². The molecule has 0 spiro atoms. The Balaban J connectivity index is 1.75. The van der Waals surface area contributed by atoms with E-state index in [1.807, 2.05) is 31.2 Å². The van der Waals surface area contributed by atoms with E-state index < -0.39 is 0 Å². The van der Waals surface area contributed by atoms with Crippen LogP contribution >= 0.6 is 0 Å². The lowest BCUT2D eigenvalue weighted by Crippen LogP contribution is -2.15. The van der Waals surface area contributed by atoms with Crippen LogP contribution in [0.3, 0.4) is 0 Å². The largest absolute Gasteiger partial charge is 0.493 e. The number of carbonyl (C=O) groups is 1. The molecule has 0 aliphatic rings. The van der Waals surface area contributed by atoms with Crippen molar-refractivity contribution in [2.75, 3.05) is 17.7 Å². The number of rotatable bonds is 5. The molecular weight excluding hydrogens is 252 g/mol. The Morgan fingerprint density at radius 2 is 1.75 bits per heavy atom. The van der Waals surface area contributed by atoms with Crippen LogP contribution in [0.25, 0.3) is 0 Å². The molecule has 0 aliphatic heterocycles. The summed E-state index contributed by atoms with van der Waals surface area (Å²) in [4.78, 5) is 11.7. The number of hydrogen-bond acceptors (Lipinski definition) is 3. The molecule has 104 valence electrons. The summed E-state index contributed by atoms with van der Waals surface area (Å²) in [6.07, 6.45) is 0.304. The van der Waals surface area contributed by atoms with Gasteiger partial charge in [0.1, 0.15) is 5.75 Å². The van der Waals surface area contributed by atoms with Gasteiger partial charge in [-0.1, -0.05) is 17.7 Å². The number of amides is 1. The molecule has 0 atom stereocenters. The Hall–Kier alpha value is -2.49. The molecule has 2 rings (SSSR count). The summed E-state index contributed by atoms with van der Waals surface area (Å²) in [5.41, 5.74) is 8.17. The topological polar surface area (TPSA) is 64.3 Å². The summed E-state index contributed by atoms with van der Waals surface area (Å²) < 4.78 is 5.51. The smallest absolute Gasteiger partial charge is 0.227 e. The van der Waals surface area contributed by atoms with E-state index in [1.54, 1.807) is 24.3 Å². The molecule has 2 aromatic carbocycles. The van der Waals surface area contributed by atoms with Gasteiger partial charge in [-0.05, 0) is 43.3 Å². The second-order valence-corrected chi connectivity index (χ2v) is 4.58. The summed E-state index contributed by atoms with van der Waals surface area (Å²) in [6, 6.07) is 14.8. The molecule has 0 saturated carbocycles. The van der Waals surface area contributed by atoms with E-state index in [9.17, 15) is 4.79 Å². The third-order valence-electron chi connectivity index (χ3n) is 2.81.